The fraction of sp³-hybridized carbons (Fsp3) is 0.923. The molecule has 0 aromatic rings. The average Bonchev–Trinajstić information content (AvgIpc) is 2.58. The zero-order valence-electron chi connectivity index (χ0n) is 11.1. The normalized spacial score (nSPS) is 29.2. The summed E-state index contributed by atoms with van der Waals surface area (Å²) in [5.41, 5.74) is 5.46. The molecule has 94 valence electrons. The van der Waals surface area contributed by atoms with Crippen LogP contribution in [-0.4, -0.2) is 28.4 Å². The van der Waals surface area contributed by atoms with Crippen LogP contribution in [0, 0.1) is 0 Å². The lowest BCUT2D eigenvalue weighted by atomic mass is 9.95. The van der Waals surface area contributed by atoms with E-state index in [9.17, 15) is 4.79 Å². The second-order valence-corrected chi connectivity index (χ2v) is 5.37. The van der Waals surface area contributed by atoms with Crippen LogP contribution in [0.4, 0.5) is 0 Å². The third kappa shape index (κ3) is 2.57. The quantitative estimate of drug-likeness (QED) is 0.799. The fourth-order valence-corrected chi connectivity index (χ4v) is 2.76. The van der Waals surface area contributed by atoms with Crippen molar-refractivity contribution in [1.82, 2.24) is 4.90 Å². The molecular weight excluding hydrogens is 200 g/mol. The number of likely N-dealkylation sites (tertiary alicyclic amines) is 1. The molecule has 1 aliphatic rings. The van der Waals surface area contributed by atoms with E-state index in [2.05, 4.69) is 20.8 Å². The molecule has 0 radical (unpaired) electrons. The summed E-state index contributed by atoms with van der Waals surface area (Å²) in [5, 5.41) is 0. The molecule has 0 aromatic carbocycles. The average molecular weight is 226 g/mol. The first-order chi connectivity index (χ1) is 7.44. The van der Waals surface area contributed by atoms with Gasteiger partial charge in [0.1, 0.15) is 0 Å². The molecular formula is C13H26N2O. The number of carbonyl (C=O) groups excluding carboxylic acids is 1. The van der Waals surface area contributed by atoms with Crippen molar-refractivity contribution in [2.24, 2.45) is 5.73 Å². The van der Waals surface area contributed by atoms with E-state index in [1.165, 1.54) is 0 Å². The Hall–Kier alpha value is -0.570. The van der Waals surface area contributed by atoms with Crippen molar-refractivity contribution >= 4 is 5.91 Å². The summed E-state index contributed by atoms with van der Waals surface area (Å²) in [7, 11) is 0. The molecule has 0 spiro atoms. The Morgan fingerprint density at radius 1 is 1.44 bits per heavy atom. The molecule has 1 saturated heterocycles. The van der Waals surface area contributed by atoms with E-state index in [1.807, 2.05) is 11.8 Å². The first-order valence-corrected chi connectivity index (χ1v) is 6.55. The zero-order valence-corrected chi connectivity index (χ0v) is 11.1. The van der Waals surface area contributed by atoms with Crippen LogP contribution in [0.25, 0.3) is 0 Å². The molecule has 0 saturated carbocycles. The minimum absolute atomic E-state index is 0.145. The van der Waals surface area contributed by atoms with Gasteiger partial charge in [-0.3, -0.25) is 4.79 Å². The molecule has 1 aliphatic heterocycles. The molecule has 16 heavy (non-hydrogen) atoms. The van der Waals surface area contributed by atoms with E-state index in [4.69, 9.17) is 5.73 Å². The molecule has 3 atom stereocenters. The SMILES string of the molecule is CCCC(C)(N)C(=O)N1C(C)CCC1CC. The van der Waals surface area contributed by atoms with Crippen LogP contribution in [-0.2, 0) is 4.79 Å². The van der Waals surface area contributed by atoms with Crippen molar-refractivity contribution < 1.29 is 4.79 Å². The second-order valence-electron chi connectivity index (χ2n) is 5.37. The van der Waals surface area contributed by atoms with Crippen molar-refractivity contribution in [3.05, 3.63) is 0 Å². The van der Waals surface area contributed by atoms with Crippen molar-refractivity contribution in [3.63, 3.8) is 0 Å². The Morgan fingerprint density at radius 2 is 2.06 bits per heavy atom. The molecule has 1 rings (SSSR count). The largest absolute Gasteiger partial charge is 0.335 e. The fourth-order valence-electron chi connectivity index (χ4n) is 2.76. The van der Waals surface area contributed by atoms with Gasteiger partial charge in [-0.15, -0.1) is 0 Å². The molecule has 1 heterocycles. The van der Waals surface area contributed by atoms with Crippen molar-refractivity contribution in [3.8, 4) is 0 Å². The third-order valence-electron chi connectivity index (χ3n) is 3.75. The van der Waals surface area contributed by atoms with Gasteiger partial charge in [-0.1, -0.05) is 20.3 Å². The number of hydrogen-bond donors (Lipinski definition) is 1. The second kappa shape index (κ2) is 5.17. The zero-order chi connectivity index (χ0) is 12.3. The molecule has 1 fully saturated rings. The molecule has 3 nitrogen and oxygen atoms in total. The lowest BCUT2D eigenvalue weighted by Crippen LogP contribution is -2.56. The van der Waals surface area contributed by atoms with Crippen LogP contribution in [0.1, 0.15) is 59.8 Å². The van der Waals surface area contributed by atoms with Gasteiger partial charge in [0, 0.05) is 12.1 Å². The van der Waals surface area contributed by atoms with Gasteiger partial charge in [-0.25, -0.2) is 0 Å². The van der Waals surface area contributed by atoms with E-state index < -0.39 is 5.54 Å². The molecule has 0 aliphatic carbocycles. The Balaban J connectivity index is 2.78. The summed E-state index contributed by atoms with van der Waals surface area (Å²) in [6.07, 6.45) is 5.01. The molecule has 0 bridgehead atoms. The maximum absolute atomic E-state index is 12.4. The summed E-state index contributed by atoms with van der Waals surface area (Å²) in [5.74, 6) is 0.145. The van der Waals surface area contributed by atoms with Gasteiger partial charge >= 0.3 is 0 Å². The molecule has 0 aromatic heterocycles. The highest BCUT2D eigenvalue weighted by Gasteiger charge is 2.40. The van der Waals surface area contributed by atoms with E-state index in [0.29, 0.717) is 12.1 Å². The van der Waals surface area contributed by atoms with Gasteiger partial charge < -0.3 is 10.6 Å². The number of amides is 1. The summed E-state index contributed by atoms with van der Waals surface area (Å²) >= 11 is 0. The predicted molar refractivity (Wildman–Crippen MR) is 67.1 cm³/mol. The smallest absolute Gasteiger partial charge is 0.242 e. The number of carbonyl (C=O) groups is 1. The highest BCUT2D eigenvalue weighted by molar-refractivity contribution is 5.86. The van der Waals surface area contributed by atoms with Crippen LogP contribution in [0.3, 0.4) is 0 Å². The van der Waals surface area contributed by atoms with Gasteiger partial charge in [-0.05, 0) is 39.5 Å². The highest BCUT2D eigenvalue weighted by Crippen LogP contribution is 2.29. The van der Waals surface area contributed by atoms with E-state index in [1.54, 1.807) is 0 Å². The lowest BCUT2D eigenvalue weighted by molar-refractivity contribution is -0.139. The monoisotopic (exact) mass is 226 g/mol. The van der Waals surface area contributed by atoms with E-state index in [0.717, 1.165) is 32.1 Å². The van der Waals surface area contributed by atoms with Gasteiger partial charge in [0.15, 0.2) is 0 Å². The van der Waals surface area contributed by atoms with Gasteiger partial charge in [0.05, 0.1) is 5.54 Å². The van der Waals surface area contributed by atoms with E-state index >= 15 is 0 Å². The third-order valence-corrected chi connectivity index (χ3v) is 3.75. The van der Waals surface area contributed by atoms with Crippen LogP contribution in [0.15, 0.2) is 0 Å². The number of rotatable bonds is 4. The molecule has 1 amide bonds. The maximum Gasteiger partial charge on any atom is 0.242 e. The highest BCUT2D eigenvalue weighted by atomic mass is 16.2. The minimum atomic E-state index is -0.680. The molecule has 2 N–H and O–H groups in total. The Kier molecular flexibility index (Phi) is 4.36. The first kappa shape index (κ1) is 13.5. The summed E-state index contributed by atoms with van der Waals surface area (Å²) in [6.45, 7) is 8.23. The van der Waals surface area contributed by atoms with Crippen molar-refractivity contribution in [2.75, 3.05) is 0 Å². The summed E-state index contributed by atoms with van der Waals surface area (Å²) in [4.78, 5) is 14.5. The van der Waals surface area contributed by atoms with Gasteiger partial charge in [0.2, 0.25) is 5.91 Å². The molecule has 3 unspecified atom stereocenters. The predicted octanol–water partition coefficient (Wildman–Crippen LogP) is 2.29. The van der Waals surface area contributed by atoms with Crippen molar-refractivity contribution in [1.29, 1.82) is 0 Å². The topological polar surface area (TPSA) is 46.3 Å². The van der Waals surface area contributed by atoms with Crippen LogP contribution in [0.5, 0.6) is 0 Å². The number of nitrogens with zero attached hydrogens (tertiary/aromatic N) is 1. The Bertz CT molecular complexity index is 250. The van der Waals surface area contributed by atoms with Crippen LogP contribution >= 0.6 is 0 Å². The Morgan fingerprint density at radius 3 is 2.56 bits per heavy atom. The van der Waals surface area contributed by atoms with Crippen molar-refractivity contribution in [2.45, 2.75) is 77.4 Å². The summed E-state index contributed by atoms with van der Waals surface area (Å²) < 4.78 is 0. The lowest BCUT2D eigenvalue weighted by Gasteiger charge is -2.35. The van der Waals surface area contributed by atoms with Crippen LogP contribution < -0.4 is 5.73 Å². The Labute approximate surface area is 99.4 Å². The maximum atomic E-state index is 12.4. The minimum Gasteiger partial charge on any atom is -0.335 e. The van der Waals surface area contributed by atoms with Crippen LogP contribution in [0.2, 0.25) is 0 Å². The van der Waals surface area contributed by atoms with Gasteiger partial charge in [0.25, 0.3) is 0 Å². The number of hydrogen-bond acceptors (Lipinski definition) is 2. The van der Waals surface area contributed by atoms with E-state index in [-0.39, 0.29) is 5.91 Å². The standard InChI is InChI=1S/C13H26N2O/c1-5-9-13(4,14)12(16)15-10(3)7-8-11(15)6-2/h10-11H,5-9,14H2,1-4H3. The first-order valence-electron chi connectivity index (χ1n) is 6.55. The van der Waals surface area contributed by atoms with Gasteiger partial charge in [-0.2, -0.15) is 0 Å². The summed E-state index contributed by atoms with van der Waals surface area (Å²) in [6, 6.07) is 0.763. The molecule has 3 heteroatoms. The number of nitrogens with two attached hydrogens (primary N) is 1.